The maximum atomic E-state index is 12.5. The van der Waals surface area contributed by atoms with E-state index in [4.69, 9.17) is 4.74 Å². The maximum absolute atomic E-state index is 12.5. The number of carbonyl (C=O) groups excluding carboxylic acids is 2. The number of carbonyl (C=O) groups is 2. The molecule has 2 amide bonds. The van der Waals surface area contributed by atoms with E-state index in [9.17, 15) is 9.59 Å². The van der Waals surface area contributed by atoms with Crippen LogP contribution in [0.3, 0.4) is 0 Å². The second kappa shape index (κ2) is 8.44. The quantitative estimate of drug-likeness (QED) is 0.867. The van der Waals surface area contributed by atoms with Crippen LogP contribution in [0.25, 0.3) is 0 Å². The van der Waals surface area contributed by atoms with Crippen LogP contribution in [0.5, 0.6) is 0 Å². The Balaban J connectivity index is 1.36. The molecule has 2 aromatic carbocycles. The summed E-state index contributed by atoms with van der Waals surface area (Å²) < 4.78 is 5.39. The molecule has 2 saturated heterocycles. The second-order valence-corrected chi connectivity index (χ2v) is 7.15. The molecule has 6 heteroatoms. The highest BCUT2D eigenvalue weighted by atomic mass is 16.5. The van der Waals surface area contributed by atoms with Gasteiger partial charge in [0.1, 0.15) is 0 Å². The molecule has 2 fully saturated rings. The fourth-order valence-corrected chi connectivity index (χ4v) is 3.67. The van der Waals surface area contributed by atoms with Gasteiger partial charge in [0.05, 0.1) is 13.2 Å². The molecule has 0 radical (unpaired) electrons. The first kappa shape index (κ1) is 18.5. The van der Waals surface area contributed by atoms with Crippen LogP contribution in [0.2, 0.25) is 0 Å². The van der Waals surface area contributed by atoms with E-state index >= 15 is 0 Å². The van der Waals surface area contributed by atoms with Crippen molar-refractivity contribution in [2.75, 3.05) is 42.6 Å². The number of nitrogens with one attached hydrogen (secondary N) is 1. The SMILES string of the molecule is O=C(NCc1ccc(N2CCOCC2)cc1)c1cccc(N2CCCC2=O)c1. The second-order valence-electron chi connectivity index (χ2n) is 7.15. The molecule has 0 atom stereocenters. The zero-order valence-electron chi connectivity index (χ0n) is 15.9. The van der Waals surface area contributed by atoms with Gasteiger partial charge in [-0.2, -0.15) is 0 Å². The van der Waals surface area contributed by atoms with Crippen LogP contribution in [-0.4, -0.2) is 44.7 Å². The van der Waals surface area contributed by atoms with Crippen molar-refractivity contribution in [2.45, 2.75) is 19.4 Å². The van der Waals surface area contributed by atoms with Gasteiger partial charge in [0.2, 0.25) is 5.91 Å². The average Bonchev–Trinajstić information content (AvgIpc) is 3.19. The van der Waals surface area contributed by atoms with Crippen LogP contribution in [0, 0.1) is 0 Å². The van der Waals surface area contributed by atoms with Gasteiger partial charge in [0.15, 0.2) is 0 Å². The molecule has 0 spiro atoms. The number of benzene rings is 2. The van der Waals surface area contributed by atoms with E-state index in [2.05, 4.69) is 22.3 Å². The van der Waals surface area contributed by atoms with Crippen LogP contribution >= 0.6 is 0 Å². The molecule has 0 saturated carbocycles. The standard InChI is InChI=1S/C22H25N3O3/c26-21-5-2-10-25(21)20-4-1-3-18(15-20)22(27)23-16-17-6-8-19(9-7-17)24-11-13-28-14-12-24/h1,3-4,6-9,15H,2,5,10-14,16H2,(H,23,27). The van der Waals surface area contributed by atoms with Gasteiger partial charge in [-0.1, -0.05) is 18.2 Å². The van der Waals surface area contributed by atoms with E-state index in [0.717, 1.165) is 50.5 Å². The summed E-state index contributed by atoms with van der Waals surface area (Å²) >= 11 is 0. The third kappa shape index (κ3) is 4.17. The van der Waals surface area contributed by atoms with Gasteiger partial charge in [-0.25, -0.2) is 0 Å². The molecule has 2 aromatic rings. The molecule has 6 nitrogen and oxygen atoms in total. The van der Waals surface area contributed by atoms with Gasteiger partial charge >= 0.3 is 0 Å². The van der Waals surface area contributed by atoms with Crippen molar-refractivity contribution in [2.24, 2.45) is 0 Å². The van der Waals surface area contributed by atoms with Crippen molar-refractivity contribution in [3.63, 3.8) is 0 Å². The molecule has 0 bridgehead atoms. The number of hydrogen-bond acceptors (Lipinski definition) is 4. The minimum absolute atomic E-state index is 0.123. The van der Waals surface area contributed by atoms with Crippen LogP contribution in [0.1, 0.15) is 28.8 Å². The van der Waals surface area contributed by atoms with Crippen LogP contribution in [0.4, 0.5) is 11.4 Å². The molecule has 4 rings (SSSR count). The summed E-state index contributed by atoms with van der Waals surface area (Å²) in [5.74, 6) is -0.0105. The zero-order chi connectivity index (χ0) is 19.3. The van der Waals surface area contributed by atoms with Gasteiger partial charge in [-0.3, -0.25) is 9.59 Å². The summed E-state index contributed by atoms with van der Waals surface area (Å²) in [6.45, 7) is 4.53. The molecule has 0 aromatic heterocycles. The molecule has 28 heavy (non-hydrogen) atoms. The average molecular weight is 379 g/mol. The third-order valence-electron chi connectivity index (χ3n) is 5.26. The lowest BCUT2D eigenvalue weighted by Crippen LogP contribution is -2.36. The van der Waals surface area contributed by atoms with E-state index < -0.39 is 0 Å². The van der Waals surface area contributed by atoms with E-state index in [-0.39, 0.29) is 11.8 Å². The largest absolute Gasteiger partial charge is 0.378 e. The molecule has 2 aliphatic heterocycles. The first-order valence-electron chi connectivity index (χ1n) is 9.81. The minimum Gasteiger partial charge on any atom is -0.378 e. The first-order chi connectivity index (χ1) is 13.7. The smallest absolute Gasteiger partial charge is 0.251 e. The highest BCUT2D eigenvalue weighted by Crippen LogP contribution is 2.22. The Morgan fingerprint density at radius 3 is 2.50 bits per heavy atom. The van der Waals surface area contributed by atoms with E-state index in [1.54, 1.807) is 17.0 Å². The summed E-state index contributed by atoms with van der Waals surface area (Å²) in [4.78, 5) is 28.5. The van der Waals surface area contributed by atoms with E-state index in [1.807, 2.05) is 24.3 Å². The predicted molar refractivity (Wildman–Crippen MR) is 109 cm³/mol. The lowest BCUT2D eigenvalue weighted by Gasteiger charge is -2.28. The van der Waals surface area contributed by atoms with Crippen molar-refractivity contribution in [1.29, 1.82) is 0 Å². The number of rotatable bonds is 5. The normalized spacial score (nSPS) is 17.1. The van der Waals surface area contributed by atoms with Gasteiger partial charge in [-0.05, 0) is 42.3 Å². The Bertz CT molecular complexity index is 844. The fourth-order valence-electron chi connectivity index (χ4n) is 3.67. The number of morpholine rings is 1. The highest BCUT2D eigenvalue weighted by Gasteiger charge is 2.22. The zero-order valence-corrected chi connectivity index (χ0v) is 15.9. The Morgan fingerprint density at radius 2 is 1.79 bits per heavy atom. The lowest BCUT2D eigenvalue weighted by molar-refractivity contribution is -0.117. The Hall–Kier alpha value is -2.86. The summed E-state index contributed by atoms with van der Waals surface area (Å²) in [5.41, 5.74) is 3.60. The molecule has 0 aliphatic carbocycles. The molecule has 2 aliphatic rings. The van der Waals surface area contributed by atoms with Gasteiger partial charge in [0.25, 0.3) is 5.91 Å². The van der Waals surface area contributed by atoms with E-state index in [1.165, 1.54) is 5.69 Å². The van der Waals surface area contributed by atoms with Gasteiger partial charge in [0, 0.05) is 49.5 Å². The third-order valence-corrected chi connectivity index (χ3v) is 5.26. The lowest BCUT2D eigenvalue weighted by atomic mass is 10.1. The summed E-state index contributed by atoms with van der Waals surface area (Å²) in [7, 11) is 0. The molecular formula is C22H25N3O3. The predicted octanol–water partition coefficient (Wildman–Crippen LogP) is 2.58. The minimum atomic E-state index is -0.134. The summed E-state index contributed by atoms with van der Waals surface area (Å²) in [6.07, 6.45) is 1.45. The topological polar surface area (TPSA) is 61.9 Å². The number of anilines is 2. The highest BCUT2D eigenvalue weighted by molar-refractivity contribution is 5.99. The van der Waals surface area contributed by atoms with Crippen molar-refractivity contribution in [3.8, 4) is 0 Å². The Morgan fingerprint density at radius 1 is 1.00 bits per heavy atom. The van der Waals surface area contributed by atoms with Crippen LogP contribution in [0.15, 0.2) is 48.5 Å². The molecule has 0 unspecified atom stereocenters. The fraction of sp³-hybridized carbons (Fsp3) is 0.364. The summed E-state index contributed by atoms with van der Waals surface area (Å²) in [5, 5.41) is 2.97. The van der Waals surface area contributed by atoms with Crippen molar-refractivity contribution in [3.05, 3.63) is 59.7 Å². The van der Waals surface area contributed by atoms with Crippen LogP contribution < -0.4 is 15.1 Å². The number of ether oxygens (including phenoxy) is 1. The molecule has 2 heterocycles. The number of hydrogen-bond donors (Lipinski definition) is 1. The van der Waals surface area contributed by atoms with E-state index in [0.29, 0.717) is 18.5 Å². The van der Waals surface area contributed by atoms with Crippen molar-refractivity contribution < 1.29 is 14.3 Å². The Kier molecular flexibility index (Phi) is 5.58. The van der Waals surface area contributed by atoms with Crippen molar-refractivity contribution >= 4 is 23.2 Å². The monoisotopic (exact) mass is 379 g/mol. The maximum Gasteiger partial charge on any atom is 0.251 e. The van der Waals surface area contributed by atoms with Gasteiger partial charge < -0.3 is 19.9 Å². The Labute approximate surface area is 165 Å². The van der Waals surface area contributed by atoms with Gasteiger partial charge in [-0.15, -0.1) is 0 Å². The molecule has 1 N–H and O–H groups in total. The number of nitrogens with zero attached hydrogens (tertiary/aromatic N) is 2. The molecule has 146 valence electrons. The summed E-state index contributed by atoms with van der Waals surface area (Å²) in [6, 6.07) is 15.5. The first-order valence-corrected chi connectivity index (χ1v) is 9.81. The number of amides is 2. The van der Waals surface area contributed by atoms with Crippen molar-refractivity contribution in [1.82, 2.24) is 5.32 Å². The van der Waals surface area contributed by atoms with Crippen LogP contribution in [-0.2, 0) is 16.1 Å². The molecular weight excluding hydrogens is 354 g/mol.